The second kappa shape index (κ2) is 15.1. The van der Waals surface area contributed by atoms with Crippen molar-refractivity contribution in [2.24, 2.45) is 5.92 Å². The lowest BCUT2D eigenvalue weighted by Crippen LogP contribution is -3.00. The van der Waals surface area contributed by atoms with Crippen LogP contribution in [0.2, 0.25) is 0 Å². The third-order valence-corrected chi connectivity index (χ3v) is 8.47. The zero-order valence-electron chi connectivity index (χ0n) is 26.2. The van der Waals surface area contributed by atoms with Gasteiger partial charge in [0, 0.05) is 30.7 Å². The Morgan fingerprint density at radius 3 is 2.11 bits per heavy atom. The summed E-state index contributed by atoms with van der Waals surface area (Å²) in [6.07, 6.45) is 1.04. The molecule has 3 aliphatic rings. The summed E-state index contributed by atoms with van der Waals surface area (Å²) in [5.41, 5.74) is 1.91. The molecule has 1 N–H and O–H groups in total. The molecule has 3 heterocycles. The quantitative estimate of drug-likeness (QED) is 0.191. The first-order valence-corrected chi connectivity index (χ1v) is 15.5. The van der Waals surface area contributed by atoms with Gasteiger partial charge in [0.2, 0.25) is 5.78 Å². The number of ether oxygens (including phenoxy) is 3. The molecule has 8 nitrogen and oxygen atoms in total. The summed E-state index contributed by atoms with van der Waals surface area (Å²) in [6, 6.07) is 25.9. The molecule has 1 amide bonds. The number of carbonyl (C=O) groups is 3. The number of halogens is 1. The fourth-order valence-corrected chi connectivity index (χ4v) is 6.17. The average molecular weight is 680 g/mol. The minimum absolute atomic E-state index is 0. The molecule has 0 aliphatic carbocycles. The van der Waals surface area contributed by atoms with Crippen molar-refractivity contribution in [2.75, 3.05) is 26.2 Å². The summed E-state index contributed by atoms with van der Waals surface area (Å²) in [5.74, 6) is 0.570. The number of esters is 1. The van der Waals surface area contributed by atoms with Crippen LogP contribution in [0.25, 0.3) is 0 Å². The second-order valence-corrected chi connectivity index (χ2v) is 13.1. The second-order valence-electron chi connectivity index (χ2n) is 13.1. The number of carbonyl (C=O) groups excluding carboxylic acids is 3. The maximum atomic E-state index is 13.7. The van der Waals surface area contributed by atoms with Gasteiger partial charge < -0.3 is 41.0 Å². The minimum atomic E-state index is -0.934. The number of Topliss-reactive ketones (excluding diaryl/α,β-unsaturated/α-hetero) is 1. The van der Waals surface area contributed by atoms with Crippen LogP contribution >= 0.6 is 0 Å². The SMILES string of the molecule is CC(C)(C)OC(=O)NC(Cc1ccc(OCc2ccccc2)cc1)C(=O)OC1C[N+]2(CC(=O)c3ccccc3)CCC1CC2.[Br-]. The molecule has 2 atom stereocenters. The lowest BCUT2D eigenvalue weighted by atomic mass is 9.82. The molecule has 3 aromatic rings. The van der Waals surface area contributed by atoms with Crippen molar-refractivity contribution in [3.8, 4) is 5.75 Å². The van der Waals surface area contributed by atoms with Gasteiger partial charge in [0.05, 0.1) is 13.1 Å². The van der Waals surface area contributed by atoms with E-state index < -0.39 is 23.7 Å². The normalized spacial score (nSPS) is 21.1. The summed E-state index contributed by atoms with van der Waals surface area (Å²) in [6.45, 7) is 8.58. The molecule has 3 fully saturated rings. The van der Waals surface area contributed by atoms with Gasteiger partial charge in [0.25, 0.3) is 0 Å². The Hall–Kier alpha value is -3.69. The van der Waals surface area contributed by atoms with Gasteiger partial charge >= 0.3 is 12.1 Å². The van der Waals surface area contributed by atoms with Gasteiger partial charge in [0.1, 0.15) is 37.1 Å². The Bertz CT molecular complexity index is 1420. The van der Waals surface area contributed by atoms with Crippen molar-refractivity contribution in [3.05, 3.63) is 102 Å². The van der Waals surface area contributed by atoms with Crippen LogP contribution in [0.3, 0.4) is 0 Å². The Balaban J connectivity index is 0.00000461. The van der Waals surface area contributed by atoms with Crippen molar-refractivity contribution < 1.29 is 50.1 Å². The summed E-state index contributed by atoms with van der Waals surface area (Å²) in [7, 11) is 0. The van der Waals surface area contributed by atoms with Crippen LogP contribution in [-0.4, -0.2) is 66.3 Å². The monoisotopic (exact) mass is 678 g/mol. The number of fused-ring (bicyclic) bond motifs is 3. The van der Waals surface area contributed by atoms with Crippen LogP contribution in [-0.2, 0) is 27.3 Å². The van der Waals surface area contributed by atoms with Gasteiger partial charge in [-0.05, 0) is 44.0 Å². The lowest BCUT2D eigenvalue weighted by molar-refractivity contribution is -0.938. The van der Waals surface area contributed by atoms with Crippen molar-refractivity contribution in [1.29, 1.82) is 0 Å². The predicted molar refractivity (Wildman–Crippen MR) is 167 cm³/mol. The highest BCUT2D eigenvalue weighted by Crippen LogP contribution is 2.36. The van der Waals surface area contributed by atoms with Crippen LogP contribution in [0.1, 0.15) is 55.1 Å². The fraction of sp³-hybridized carbons (Fsp3) is 0.417. The van der Waals surface area contributed by atoms with Crippen molar-refractivity contribution in [3.63, 3.8) is 0 Å². The molecule has 0 radical (unpaired) electrons. The van der Waals surface area contributed by atoms with Crippen LogP contribution in [0.4, 0.5) is 4.79 Å². The zero-order valence-corrected chi connectivity index (χ0v) is 27.8. The summed E-state index contributed by atoms with van der Waals surface area (Å²) in [4.78, 5) is 39.6. The number of ketones is 1. The Kier molecular flexibility index (Phi) is 11.4. The molecular weight excluding hydrogens is 636 g/mol. The lowest BCUT2D eigenvalue weighted by Gasteiger charge is -2.51. The standard InChI is InChI=1S/C36H42N2O6.BrH/c1-36(2,3)44-35(41)37-31(22-26-14-16-30(17-15-26)42-25-27-10-6-4-7-11-27)34(40)43-33-24-38(20-18-29(33)19-21-38)23-32(39)28-12-8-5-9-13-28;/h4-17,29,31,33H,18-25H2,1-3H3;1H. The number of piperidine rings is 3. The molecule has 2 unspecified atom stereocenters. The number of nitrogens with one attached hydrogen (secondary N) is 1. The average Bonchev–Trinajstić information content (AvgIpc) is 3.01. The van der Waals surface area contributed by atoms with Gasteiger partial charge in [0.15, 0.2) is 6.10 Å². The molecule has 3 aromatic carbocycles. The molecule has 0 spiro atoms. The van der Waals surface area contributed by atoms with E-state index in [4.69, 9.17) is 14.2 Å². The Morgan fingerprint density at radius 1 is 0.867 bits per heavy atom. The number of amides is 1. The van der Waals surface area contributed by atoms with E-state index in [1.165, 1.54) is 0 Å². The fourth-order valence-electron chi connectivity index (χ4n) is 6.17. The van der Waals surface area contributed by atoms with Crippen molar-refractivity contribution >= 4 is 17.8 Å². The van der Waals surface area contributed by atoms with Crippen molar-refractivity contribution in [2.45, 2.75) is 64.4 Å². The summed E-state index contributed by atoms with van der Waals surface area (Å²) >= 11 is 0. The van der Waals surface area contributed by atoms with Crippen LogP contribution in [0.15, 0.2) is 84.9 Å². The molecule has 45 heavy (non-hydrogen) atoms. The molecule has 240 valence electrons. The van der Waals surface area contributed by atoms with Crippen LogP contribution in [0, 0.1) is 5.92 Å². The minimum Gasteiger partial charge on any atom is -1.00 e. The Labute approximate surface area is 276 Å². The number of alkyl carbamates (subject to hydrolysis) is 1. The highest BCUT2D eigenvalue weighted by atomic mass is 79.9. The maximum absolute atomic E-state index is 13.7. The molecule has 6 rings (SSSR count). The molecule has 9 heteroatoms. The van der Waals surface area contributed by atoms with Gasteiger partial charge in [-0.1, -0.05) is 72.8 Å². The van der Waals surface area contributed by atoms with E-state index in [-0.39, 0.29) is 41.2 Å². The zero-order chi connectivity index (χ0) is 31.2. The summed E-state index contributed by atoms with van der Waals surface area (Å²) < 4.78 is 18.2. The van der Waals surface area contributed by atoms with Crippen LogP contribution in [0.5, 0.6) is 5.75 Å². The van der Waals surface area contributed by atoms with E-state index in [1.54, 1.807) is 20.8 Å². The number of rotatable bonds is 11. The predicted octanol–water partition coefficient (Wildman–Crippen LogP) is 2.74. The third kappa shape index (κ3) is 9.65. The van der Waals surface area contributed by atoms with E-state index in [9.17, 15) is 14.4 Å². The number of nitrogens with zero attached hydrogens (tertiary/aromatic N) is 1. The molecule has 2 bridgehead atoms. The first-order chi connectivity index (χ1) is 21.1. The molecule has 0 aromatic heterocycles. The number of quaternary nitrogens is 1. The van der Waals surface area contributed by atoms with E-state index >= 15 is 0 Å². The van der Waals surface area contributed by atoms with Crippen molar-refractivity contribution in [1.82, 2.24) is 5.32 Å². The first kappa shape index (κ1) is 34.2. The van der Waals surface area contributed by atoms with E-state index in [2.05, 4.69) is 5.32 Å². The Morgan fingerprint density at radius 2 is 1.49 bits per heavy atom. The van der Waals surface area contributed by atoms with Gasteiger partial charge in [-0.3, -0.25) is 4.79 Å². The third-order valence-electron chi connectivity index (χ3n) is 8.47. The number of benzene rings is 3. The molecule has 3 aliphatic heterocycles. The van der Waals surface area contributed by atoms with Gasteiger partial charge in [-0.2, -0.15) is 0 Å². The first-order valence-electron chi connectivity index (χ1n) is 15.5. The van der Waals surface area contributed by atoms with Gasteiger partial charge in [-0.25, -0.2) is 9.59 Å². The number of hydrogen-bond donors (Lipinski definition) is 1. The van der Waals surface area contributed by atoms with E-state index in [0.29, 0.717) is 35.5 Å². The largest absolute Gasteiger partial charge is 1.00 e. The molecular formula is C36H43BrN2O6. The summed E-state index contributed by atoms with van der Waals surface area (Å²) in [5, 5.41) is 2.75. The van der Waals surface area contributed by atoms with E-state index in [0.717, 1.165) is 37.1 Å². The maximum Gasteiger partial charge on any atom is 0.408 e. The number of hydrogen-bond acceptors (Lipinski definition) is 6. The molecule has 0 saturated carbocycles. The van der Waals surface area contributed by atoms with Gasteiger partial charge in [-0.15, -0.1) is 0 Å². The topological polar surface area (TPSA) is 90.9 Å². The smallest absolute Gasteiger partial charge is 0.408 e. The highest BCUT2D eigenvalue weighted by Gasteiger charge is 2.49. The highest BCUT2D eigenvalue weighted by molar-refractivity contribution is 5.97. The van der Waals surface area contributed by atoms with E-state index in [1.807, 2.05) is 84.9 Å². The molecule has 3 saturated heterocycles. The van der Waals surface area contributed by atoms with Crippen LogP contribution < -0.4 is 27.0 Å².